The summed E-state index contributed by atoms with van der Waals surface area (Å²) in [5.74, 6) is 2.14. The van der Waals surface area contributed by atoms with Crippen LogP contribution in [0.15, 0.2) is 54.6 Å². The van der Waals surface area contributed by atoms with Crippen LogP contribution >= 0.6 is 0 Å². The second kappa shape index (κ2) is 18.0. The van der Waals surface area contributed by atoms with Gasteiger partial charge in [-0.25, -0.2) is 4.79 Å². The number of ether oxygens (including phenoxy) is 1. The van der Waals surface area contributed by atoms with Crippen LogP contribution in [0.25, 0.3) is 0 Å². The van der Waals surface area contributed by atoms with E-state index in [-0.39, 0.29) is 17.7 Å². The molecule has 0 aliphatic rings. The van der Waals surface area contributed by atoms with Gasteiger partial charge in [0, 0.05) is 18.7 Å². The number of amides is 3. The van der Waals surface area contributed by atoms with Crippen molar-refractivity contribution in [3.63, 3.8) is 0 Å². The summed E-state index contributed by atoms with van der Waals surface area (Å²) in [5.41, 5.74) is 1.34. The fraction of sp³-hybridized carbons (Fsp3) is 0.528. The van der Waals surface area contributed by atoms with Crippen molar-refractivity contribution in [2.45, 2.75) is 111 Å². The molecule has 7 nitrogen and oxygen atoms in total. The highest BCUT2D eigenvalue weighted by Crippen LogP contribution is 2.27. The van der Waals surface area contributed by atoms with Crippen LogP contribution in [0.3, 0.4) is 0 Å². The van der Waals surface area contributed by atoms with Crippen LogP contribution in [-0.4, -0.2) is 41.0 Å². The molecular weight excluding hydrogens is 538 g/mol. The SMILES string of the molecule is C#Cc1ccccc1C(C(=O)NCc1ccccc1)N(CCCCCCCC)C(=O)C(CC(C)C)NC(=O)OC(C)(C)C. The summed E-state index contributed by atoms with van der Waals surface area (Å²) in [6.07, 6.45) is 11.7. The van der Waals surface area contributed by atoms with Gasteiger partial charge in [-0.15, -0.1) is 6.42 Å². The summed E-state index contributed by atoms with van der Waals surface area (Å²) < 4.78 is 5.51. The number of nitrogens with one attached hydrogen (secondary N) is 2. The van der Waals surface area contributed by atoms with E-state index >= 15 is 0 Å². The molecule has 234 valence electrons. The predicted molar refractivity (Wildman–Crippen MR) is 173 cm³/mol. The fourth-order valence-electron chi connectivity index (χ4n) is 4.97. The van der Waals surface area contributed by atoms with Gasteiger partial charge < -0.3 is 20.3 Å². The van der Waals surface area contributed by atoms with Crippen molar-refractivity contribution in [2.75, 3.05) is 6.54 Å². The number of terminal acetylenes is 1. The number of benzene rings is 2. The monoisotopic (exact) mass is 589 g/mol. The van der Waals surface area contributed by atoms with Gasteiger partial charge in [0.25, 0.3) is 0 Å². The number of nitrogens with zero attached hydrogens (tertiary/aromatic N) is 1. The lowest BCUT2D eigenvalue weighted by atomic mass is 9.95. The first kappa shape index (κ1) is 35.4. The van der Waals surface area contributed by atoms with Gasteiger partial charge in [0.05, 0.1) is 0 Å². The summed E-state index contributed by atoms with van der Waals surface area (Å²) in [4.78, 5) is 43.0. The van der Waals surface area contributed by atoms with Gasteiger partial charge in [-0.3, -0.25) is 9.59 Å². The second-order valence-electron chi connectivity index (χ2n) is 12.5. The first-order valence-electron chi connectivity index (χ1n) is 15.6. The third kappa shape index (κ3) is 12.5. The second-order valence-corrected chi connectivity index (χ2v) is 12.5. The molecule has 0 aromatic heterocycles. The van der Waals surface area contributed by atoms with Gasteiger partial charge in [0.2, 0.25) is 11.8 Å². The molecule has 0 aliphatic heterocycles. The standard InChI is InChI=1S/C36H51N3O4/c1-8-10-11-12-13-19-24-39(34(41)31(25-27(3)4)38-35(42)43-36(5,6)7)32(30-23-18-17-22-29(30)9-2)33(40)37-26-28-20-15-14-16-21-28/h2,14-18,20-23,27,31-32H,8,10-13,19,24-26H2,1,3-7H3,(H,37,40)(H,38,42). The van der Waals surface area contributed by atoms with E-state index in [9.17, 15) is 14.4 Å². The van der Waals surface area contributed by atoms with Gasteiger partial charge in [-0.1, -0.05) is 107 Å². The summed E-state index contributed by atoms with van der Waals surface area (Å²) >= 11 is 0. The Hall–Kier alpha value is -3.79. The van der Waals surface area contributed by atoms with Crippen LogP contribution in [0.5, 0.6) is 0 Å². The van der Waals surface area contributed by atoms with Crippen LogP contribution in [0, 0.1) is 18.3 Å². The lowest BCUT2D eigenvalue weighted by molar-refractivity contribution is -0.143. The quantitative estimate of drug-likeness (QED) is 0.161. The number of alkyl carbamates (subject to hydrolysis) is 1. The van der Waals surface area contributed by atoms with Crippen LogP contribution in [0.1, 0.15) is 109 Å². The average Bonchev–Trinajstić information content (AvgIpc) is 2.96. The highest BCUT2D eigenvalue weighted by atomic mass is 16.6. The number of hydrogen-bond donors (Lipinski definition) is 2. The molecule has 0 saturated heterocycles. The Bertz CT molecular complexity index is 1200. The lowest BCUT2D eigenvalue weighted by Crippen LogP contribution is -2.53. The zero-order valence-corrected chi connectivity index (χ0v) is 26.9. The van der Waals surface area contributed by atoms with Gasteiger partial charge >= 0.3 is 6.09 Å². The molecule has 2 aromatic rings. The Balaban J connectivity index is 2.51. The van der Waals surface area contributed by atoms with Gasteiger partial charge in [-0.05, 0) is 56.7 Å². The zero-order chi connectivity index (χ0) is 31.8. The lowest BCUT2D eigenvalue weighted by Gasteiger charge is -2.35. The fourth-order valence-corrected chi connectivity index (χ4v) is 4.97. The topological polar surface area (TPSA) is 87.7 Å². The molecule has 0 heterocycles. The Morgan fingerprint density at radius 1 is 0.930 bits per heavy atom. The Labute approximate surface area is 259 Å². The first-order chi connectivity index (χ1) is 20.5. The number of carbonyl (C=O) groups is 3. The minimum Gasteiger partial charge on any atom is -0.444 e. The van der Waals surface area contributed by atoms with Crippen molar-refractivity contribution in [1.29, 1.82) is 0 Å². The summed E-state index contributed by atoms with van der Waals surface area (Å²) in [6.45, 7) is 12.1. The van der Waals surface area contributed by atoms with Gasteiger partial charge in [0.15, 0.2) is 0 Å². The normalized spacial score (nSPS) is 12.6. The average molecular weight is 590 g/mol. The summed E-state index contributed by atoms with van der Waals surface area (Å²) in [5, 5.41) is 5.85. The summed E-state index contributed by atoms with van der Waals surface area (Å²) in [6, 6.07) is 15.0. The van der Waals surface area contributed by atoms with Crippen molar-refractivity contribution < 1.29 is 19.1 Å². The van der Waals surface area contributed by atoms with E-state index in [1.165, 1.54) is 6.42 Å². The number of unbranched alkanes of at least 4 members (excludes halogenated alkanes) is 5. The molecule has 2 unspecified atom stereocenters. The zero-order valence-electron chi connectivity index (χ0n) is 26.9. The maximum absolute atomic E-state index is 14.5. The third-order valence-corrected chi connectivity index (χ3v) is 7.01. The molecule has 3 amide bonds. The Kier molecular flexibility index (Phi) is 14.8. The molecule has 2 aromatic carbocycles. The van der Waals surface area contributed by atoms with Crippen LogP contribution in [0.4, 0.5) is 4.79 Å². The highest BCUT2D eigenvalue weighted by molar-refractivity contribution is 5.92. The molecule has 0 aliphatic carbocycles. The molecule has 43 heavy (non-hydrogen) atoms. The Morgan fingerprint density at radius 2 is 1.56 bits per heavy atom. The molecule has 2 N–H and O–H groups in total. The molecule has 7 heteroatoms. The minimum atomic E-state index is -0.978. The van der Waals surface area contributed by atoms with Crippen molar-refractivity contribution in [3.05, 3.63) is 71.3 Å². The third-order valence-electron chi connectivity index (χ3n) is 7.01. The van der Waals surface area contributed by atoms with Crippen molar-refractivity contribution >= 4 is 17.9 Å². The molecule has 0 saturated carbocycles. The molecule has 2 atom stereocenters. The van der Waals surface area contributed by atoms with Gasteiger partial charge in [-0.2, -0.15) is 0 Å². The van der Waals surface area contributed by atoms with E-state index in [0.717, 1.165) is 37.7 Å². The van der Waals surface area contributed by atoms with Crippen molar-refractivity contribution in [1.82, 2.24) is 15.5 Å². The van der Waals surface area contributed by atoms with E-state index in [1.54, 1.807) is 31.7 Å². The molecular formula is C36H51N3O4. The van der Waals surface area contributed by atoms with Crippen LogP contribution in [-0.2, 0) is 20.9 Å². The maximum Gasteiger partial charge on any atom is 0.408 e. The van der Waals surface area contributed by atoms with E-state index in [0.29, 0.717) is 30.6 Å². The first-order valence-corrected chi connectivity index (χ1v) is 15.6. The Morgan fingerprint density at radius 3 is 2.19 bits per heavy atom. The number of hydrogen-bond acceptors (Lipinski definition) is 4. The van der Waals surface area contributed by atoms with E-state index < -0.39 is 23.8 Å². The van der Waals surface area contributed by atoms with E-state index in [1.807, 2.05) is 62.4 Å². The molecule has 0 fully saturated rings. The van der Waals surface area contributed by atoms with Crippen LogP contribution in [0.2, 0.25) is 0 Å². The summed E-state index contributed by atoms with van der Waals surface area (Å²) in [7, 11) is 0. The predicted octanol–water partition coefficient (Wildman–Crippen LogP) is 7.15. The van der Waals surface area contributed by atoms with E-state index in [4.69, 9.17) is 11.2 Å². The highest BCUT2D eigenvalue weighted by Gasteiger charge is 2.37. The van der Waals surface area contributed by atoms with Gasteiger partial charge in [0.1, 0.15) is 17.7 Å². The minimum absolute atomic E-state index is 0.100. The van der Waals surface area contributed by atoms with E-state index in [2.05, 4.69) is 23.5 Å². The maximum atomic E-state index is 14.5. The molecule has 0 radical (unpaired) electrons. The number of carbonyl (C=O) groups excluding carboxylic acids is 3. The van der Waals surface area contributed by atoms with Crippen molar-refractivity contribution in [3.8, 4) is 12.3 Å². The smallest absolute Gasteiger partial charge is 0.408 e. The molecule has 2 rings (SSSR count). The number of rotatable bonds is 16. The van der Waals surface area contributed by atoms with Crippen LogP contribution < -0.4 is 10.6 Å². The van der Waals surface area contributed by atoms with Crippen molar-refractivity contribution in [2.24, 2.45) is 5.92 Å². The molecule has 0 bridgehead atoms. The molecule has 0 spiro atoms. The largest absolute Gasteiger partial charge is 0.444 e.